The number of rotatable bonds is 4. The summed E-state index contributed by atoms with van der Waals surface area (Å²) in [6.07, 6.45) is 0. The van der Waals surface area contributed by atoms with E-state index < -0.39 is 11.9 Å². The van der Waals surface area contributed by atoms with E-state index in [0.717, 1.165) is 0 Å². The third kappa shape index (κ3) is 2.80. The first-order valence-electron chi connectivity index (χ1n) is 4.93. The van der Waals surface area contributed by atoms with Gasteiger partial charge in [-0.15, -0.1) is 0 Å². The van der Waals surface area contributed by atoms with Crippen molar-refractivity contribution in [3.63, 3.8) is 0 Å². The predicted molar refractivity (Wildman–Crippen MR) is 60.1 cm³/mol. The molecule has 0 saturated heterocycles. The Labute approximate surface area is 98.5 Å². The van der Waals surface area contributed by atoms with Crippen LogP contribution < -0.4 is 11.5 Å². The molecule has 17 heavy (non-hydrogen) atoms. The van der Waals surface area contributed by atoms with Crippen LogP contribution in [0.1, 0.15) is 26.3 Å². The maximum atomic E-state index is 11.7. The van der Waals surface area contributed by atoms with E-state index in [1.54, 1.807) is 12.1 Å². The van der Waals surface area contributed by atoms with Gasteiger partial charge in [-0.3, -0.25) is 5.73 Å². The second-order valence-electron chi connectivity index (χ2n) is 3.13. The lowest BCUT2D eigenvalue weighted by Gasteiger charge is -2.11. The average Bonchev–Trinajstić information content (AvgIpc) is 2.37. The van der Waals surface area contributed by atoms with Gasteiger partial charge in [0.25, 0.3) is 0 Å². The summed E-state index contributed by atoms with van der Waals surface area (Å²) < 4.78 is 9.27. The zero-order chi connectivity index (χ0) is 12.8. The summed E-state index contributed by atoms with van der Waals surface area (Å²) in [4.78, 5) is 23.2. The molecule has 0 aliphatic rings. The Bertz CT molecular complexity index is 431. The molecule has 6 nitrogen and oxygen atoms in total. The van der Waals surface area contributed by atoms with Crippen LogP contribution in [0.2, 0.25) is 0 Å². The number of carbonyl (C=O) groups excluding carboxylic acids is 2. The lowest BCUT2D eigenvalue weighted by atomic mass is 10.0. The molecular weight excluding hydrogens is 224 g/mol. The maximum Gasteiger partial charge on any atom is 0.340 e. The van der Waals surface area contributed by atoms with Gasteiger partial charge in [0.15, 0.2) is 0 Å². The van der Waals surface area contributed by atoms with Gasteiger partial charge in [0.1, 0.15) is 6.73 Å². The molecule has 0 bridgehead atoms. The lowest BCUT2D eigenvalue weighted by Crippen LogP contribution is -2.19. The highest BCUT2D eigenvalue weighted by Gasteiger charge is 2.21. The summed E-state index contributed by atoms with van der Waals surface area (Å²) in [6, 6.07) is 4.73. The third-order valence-electron chi connectivity index (χ3n) is 2.19. The van der Waals surface area contributed by atoms with Crippen LogP contribution in [0.15, 0.2) is 18.2 Å². The number of methoxy groups -OCH3 is 1. The molecule has 0 aliphatic carbocycles. The molecule has 0 saturated carbocycles. The molecule has 0 radical (unpaired) electrons. The van der Waals surface area contributed by atoms with Crippen molar-refractivity contribution >= 4 is 11.9 Å². The van der Waals surface area contributed by atoms with E-state index in [9.17, 15) is 9.59 Å². The van der Waals surface area contributed by atoms with Crippen molar-refractivity contribution in [1.29, 1.82) is 0 Å². The first-order chi connectivity index (χ1) is 8.15. The Balaban J connectivity index is 3.30. The number of carbonyl (C=O) groups is 2. The van der Waals surface area contributed by atoms with Crippen molar-refractivity contribution in [1.82, 2.24) is 0 Å². The molecule has 1 aromatic carbocycles. The normalized spacial score (nSPS) is 9.82. The molecule has 4 N–H and O–H groups in total. The molecule has 6 heteroatoms. The highest BCUT2D eigenvalue weighted by Crippen LogP contribution is 2.17. The number of esters is 2. The van der Waals surface area contributed by atoms with Crippen molar-refractivity contribution in [2.24, 2.45) is 11.5 Å². The first kappa shape index (κ1) is 13.1. The van der Waals surface area contributed by atoms with Crippen LogP contribution in [0.3, 0.4) is 0 Å². The maximum absolute atomic E-state index is 11.7. The Morgan fingerprint density at radius 2 is 1.94 bits per heavy atom. The molecular formula is C11H14N2O4. The smallest absolute Gasteiger partial charge is 0.340 e. The van der Waals surface area contributed by atoms with Crippen LogP contribution in [0.25, 0.3) is 0 Å². The molecule has 0 spiro atoms. The van der Waals surface area contributed by atoms with E-state index in [1.807, 2.05) is 0 Å². The molecule has 0 fully saturated rings. The Kier molecular flexibility index (Phi) is 4.62. The molecule has 0 aliphatic heterocycles. The standard InChI is InChI=1S/C11H14N2O4/c1-16-10(14)8-4-2-3-7(5-12)9(8)11(15)17-6-13/h2-4H,5-6,12-13H2,1H3. The molecule has 1 aromatic rings. The Hall–Kier alpha value is -1.92. The molecule has 1 rings (SSSR count). The van der Waals surface area contributed by atoms with E-state index in [4.69, 9.17) is 11.5 Å². The minimum absolute atomic E-state index is 0.104. The summed E-state index contributed by atoms with van der Waals surface area (Å²) in [5, 5.41) is 0. The second-order valence-corrected chi connectivity index (χ2v) is 3.13. The van der Waals surface area contributed by atoms with Crippen LogP contribution in [0.4, 0.5) is 0 Å². The number of ether oxygens (including phenoxy) is 2. The zero-order valence-electron chi connectivity index (χ0n) is 9.43. The second kappa shape index (κ2) is 5.97. The van der Waals surface area contributed by atoms with Crippen molar-refractivity contribution in [3.8, 4) is 0 Å². The average molecular weight is 238 g/mol. The number of hydrogen-bond acceptors (Lipinski definition) is 6. The fourth-order valence-corrected chi connectivity index (χ4v) is 1.44. The van der Waals surface area contributed by atoms with Crippen LogP contribution in [-0.4, -0.2) is 25.8 Å². The number of nitrogens with two attached hydrogens (primary N) is 2. The fraction of sp³-hybridized carbons (Fsp3) is 0.273. The Morgan fingerprint density at radius 1 is 1.24 bits per heavy atom. The van der Waals surface area contributed by atoms with Gasteiger partial charge in [0.2, 0.25) is 0 Å². The van der Waals surface area contributed by atoms with Gasteiger partial charge in [-0.05, 0) is 11.6 Å². The fourth-order valence-electron chi connectivity index (χ4n) is 1.44. The highest BCUT2D eigenvalue weighted by molar-refractivity contribution is 6.04. The van der Waals surface area contributed by atoms with Crippen LogP contribution in [-0.2, 0) is 16.0 Å². The number of benzene rings is 1. The minimum Gasteiger partial charge on any atom is -0.465 e. The van der Waals surface area contributed by atoms with Crippen molar-refractivity contribution in [2.45, 2.75) is 6.54 Å². The molecule has 0 heterocycles. The molecule has 0 unspecified atom stereocenters. The zero-order valence-corrected chi connectivity index (χ0v) is 9.43. The summed E-state index contributed by atoms with van der Waals surface area (Å²) in [5.41, 5.74) is 11.4. The summed E-state index contributed by atoms with van der Waals surface area (Å²) >= 11 is 0. The minimum atomic E-state index is -0.686. The monoisotopic (exact) mass is 238 g/mol. The topological polar surface area (TPSA) is 105 Å². The van der Waals surface area contributed by atoms with Crippen molar-refractivity contribution in [3.05, 3.63) is 34.9 Å². The first-order valence-corrected chi connectivity index (χ1v) is 4.93. The molecule has 0 aromatic heterocycles. The van der Waals surface area contributed by atoms with Gasteiger partial charge in [-0.1, -0.05) is 12.1 Å². The third-order valence-corrected chi connectivity index (χ3v) is 2.19. The molecule has 92 valence electrons. The van der Waals surface area contributed by atoms with E-state index >= 15 is 0 Å². The van der Waals surface area contributed by atoms with Gasteiger partial charge < -0.3 is 15.2 Å². The van der Waals surface area contributed by atoms with Crippen LogP contribution in [0.5, 0.6) is 0 Å². The summed E-state index contributed by atoms with van der Waals surface area (Å²) in [7, 11) is 1.23. The Morgan fingerprint density at radius 3 is 2.47 bits per heavy atom. The van der Waals surface area contributed by atoms with Crippen molar-refractivity contribution < 1.29 is 19.1 Å². The van der Waals surface area contributed by atoms with E-state index in [1.165, 1.54) is 13.2 Å². The van der Waals surface area contributed by atoms with Crippen LogP contribution >= 0.6 is 0 Å². The number of hydrogen-bond donors (Lipinski definition) is 2. The van der Waals surface area contributed by atoms with E-state index in [-0.39, 0.29) is 24.4 Å². The SMILES string of the molecule is COC(=O)c1cccc(CN)c1C(=O)OCN. The van der Waals surface area contributed by atoms with Gasteiger partial charge in [0, 0.05) is 6.54 Å². The van der Waals surface area contributed by atoms with Gasteiger partial charge in [-0.25, -0.2) is 9.59 Å². The van der Waals surface area contributed by atoms with E-state index in [0.29, 0.717) is 5.56 Å². The van der Waals surface area contributed by atoms with Gasteiger partial charge in [0.05, 0.1) is 18.2 Å². The predicted octanol–water partition coefficient (Wildman–Crippen LogP) is 0.00490. The van der Waals surface area contributed by atoms with Gasteiger partial charge >= 0.3 is 11.9 Å². The quantitative estimate of drug-likeness (QED) is 0.565. The largest absolute Gasteiger partial charge is 0.465 e. The van der Waals surface area contributed by atoms with Crippen molar-refractivity contribution in [2.75, 3.05) is 13.8 Å². The molecule has 0 amide bonds. The highest BCUT2D eigenvalue weighted by atomic mass is 16.5. The lowest BCUT2D eigenvalue weighted by molar-refractivity contribution is 0.0493. The van der Waals surface area contributed by atoms with E-state index in [2.05, 4.69) is 9.47 Å². The van der Waals surface area contributed by atoms with Gasteiger partial charge in [-0.2, -0.15) is 0 Å². The summed E-state index contributed by atoms with van der Waals surface area (Å²) in [6.45, 7) is -0.155. The van der Waals surface area contributed by atoms with Crippen LogP contribution in [0, 0.1) is 0 Å². The summed E-state index contributed by atoms with van der Waals surface area (Å²) in [5.74, 6) is -1.31. The molecule has 0 atom stereocenters.